The van der Waals surface area contributed by atoms with Crippen molar-refractivity contribution in [2.45, 2.75) is 6.42 Å². The van der Waals surface area contributed by atoms with Gasteiger partial charge in [-0.1, -0.05) is 24.1 Å². The normalized spacial score (nSPS) is 28.0. The summed E-state index contributed by atoms with van der Waals surface area (Å²) in [4.78, 5) is 35.9. The van der Waals surface area contributed by atoms with E-state index in [2.05, 4.69) is 11.0 Å². The molecule has 2 fully saturated rings. The highest BCUT2D eigenvalue weighted by Crippen LogP contribution is 2.52. The van der Waals surface area contributed by atoms with E-state index in [1.807, 2.05) is 12.2 Å². The number of amides is 2. The van der Waals surface area contributed by atoms with Gasteiger partial charge in [0, 0.05) is 11.6 Å². The zero-order chi connectivity index (χ0) is 19.1. The highest BCUT2D eigenvalue weighted by molar-refractivity contribution is 6.07. The van der Waals surface area contributed by atoms with Crippen LogP contribution >= 0.6 is 0 Å². The molecule has 2 bridgehead atoms. The number of allylic oxidation sites excluding steroid dienone is 2. The number of ether oxygens (including phenoxy) is 1. The first-order valence-electron chi connectivity index (χ1n) is 8.46. The summed E-state index contributed by atoms with van der Waals surface area (Å²) in [5.74, 6) is 1.01. The van der Waals surface area contributed by atoms with E-state index in [-0.39, 0.29) is 59.1 Å². The van der Waals surface area contributed by atoms with Crippen molar-refractivity contribution < 1.29 is 19.2 Å². The molecule has 0 unspecified atom stereocenters. The zero-order valence-electron chi connectivity index (χ0n) is 14.1. The Balaban J connectivity index is 1.63. The number of carbonyl (C=O) groups excluding carboxylic acids is 2. The van der Waals surface area contributed by atoms with Gasteiger partial charge in [0.15, 0.2) is 0 Å². The predicted octanol–water partition coefficient (Wildman–Crippen LogP) is 1.75. The molecule has 0 radical (unpaired) electrons. The highest BCUT2D eigenvalue weighted by atomic mass is 16.6. The molecule has 136 valence electrons. The van der Waals surface area contributed by atoms with Gasteiger partial charge >= 0.3 is 5.69 Å². The van der Waals surface area contributed by atoms with Gasteiger partial charge in [-0.2, -0.15) is 10.1 Å². The van der Waals surface area contributed by atoms with Crippen LogP contribution in [-0.4, -0.2) is 34.6 Å². The number of imide groups is 1. The Morgan fingerprint density at radius 2 is 1.96 bits per heavy atom. The first-order chi connectivity index (χ1) is 13.0. The van der Waals surface area contributed by atoms with E-state index in [0.717, 1.165) is 11.4 Å². The zero-order valence-corrected chi connectivity index (χ0v) is 14.1. The van der Waals surface area contributed by atoms with Gasteiger partial charge in [-0.25, -0.2) is 0 Å². The minimum atomic E-state index is -0.594. The molecule has 1 aromatic rings. The van der Waals surface area contributed by atoms with Crippen molar-refractivity contribution in [2.75, 3.05) is 6.61 Å². The number of terminal acetylenes is 1. The Morgan fingerprint density at radius 3 is 2.56 bits per heavy atom. The maximum absolute atomic E-state index is 12.6. The first-order valence-corrected chi connectivity index (χ1v) is 8.46. The largest absolute Gasteiger partial charge is 0.473 e. The average molecular weight is 365 g/mol. The summed E-state index contributed by atoms with van der Waals surface area (Å²) in [6.45, 7) is -0.160. The van der Waals surface area contributed by atoms with Crippen molar-refractivity contribution >= 4 is 23.7 Å². The van der Waals surface area contributed by atoms with Crippen LogP contribution in [-0.2, 0) is 9.59 Å². The Kier molecular flexibility index (Phi) is 4.00. The van der Waals surface area contributed by atoms with Crippen LogP contribution in [0.4, 0.5) is 5.69 Å². The van der Waals surface area contributed by atoms with Crippen LogP contribution in [0.2, 0.25) is 0 Å². The fourth-order valence-corrected chi connectivity index (χ4v) is 4.18. The number of fused-ring (bicyclic) bond motifs is 5. The minimum absolute atomic E-state index is 0.0507. The van der Waals surface area contributed by atoms with Gasteiger partial charge in [0.2, 0.25) is 5.75 Å². The third-order valence-electron chi connectivity index (χ3n) is 5.28. The summed E-state index contributed by atoms with van der Waals surface area (Å²) in [6, 6.07) is 4.29. The topological polar surface area (TPSA) is 102 Å². The molecular formula is C19H15N3O5. The SMILES string of the molecule is C#CCOc1c(C=NN2C(=O)[C@@H]3[C@H](C2=O)[C@H]2C=C[C@H]3C2)cccc1[N+](=O)[O-]. The molecule has 1 heterocycles. The monoisotopic (exact) mass is 365 g/mol. The van der Waals surface area contributed by atoms with Crippen LogP contribution in [0.5, 0.6) is 5.75 Å². The molecule has 27 heavy (non-hydrogen) atoms. The molecule has 2 amide bonds. The van der Waals surface area contributed by atoms with Gasteiger partial charge in [-0.3, -0.25) is 19.7 Å². The predicted molar refractivity (Wildman–Crippen MR) is 94.6 cm³/mol. The molecule has 1 saturated heterocycles. The summed E-state index contributed by atoms with van der Waals surface area (Å²) in [6.07, 6.45) is 11.2. The van der Waals surface area contributed by atoms with Crippen LogP contribution in [0.3, 0.4) is 0 Å². The average Bonchev–Trinajstić information content (AvgIpc) is 3.33. The van der Waals surface area contributed by atoms with Gasteiger partial charge in [0.1, 0.15) is 6.61 Å². The van der Waals surface area contributed by atoms with Crippen molar-refractivity contribution in [1.82, 2.24) is 5.01 Å². The Bertz CT molecular complexity index is 915. The van der Waals surface area contributed by atoms with Crippen molar-refractivity contribution in [3.05, 3.63) is 46.0 Å². The molecule has 1 aromatic carbocycles. The maximum Gasteiger partial charge on any atom is 0.311 e. The summed E-state index contributed by atoms with van der Waals surface area (Å²) in [5.41, 5.74) is -0.00871. The van der Waals surface area contributed by atoms with Crippen LogP contribution in [0.15, 0.2) is 35.5 Å². The molecular weight excluding hydrogens is 350 g/mol. The van der Waals surface area contributed by atoms with E-state index in [4.69, 9.17) is 11.2 Å². The second-order valence-corrected chi connectivity index (χ2v) is 6.68. The molecule has 0 N–H and O–H groups in total. The number of rotatable bonds is 5. The van der Waals surface area contributed by atoms with Crippen LogP contribution in [0.1, 0.15) is 12.0 Å². The summed E-state index contributed by atoms with van der Waals surface area (Å²) in [7, 11) is 0. The molecule has 1 aliphatic heterocycles. The molecule has 0 spiro atoms. The number of hydrogen-bond donors (Lipinski definition) is 0. The van der Waals surface area contributed by atoms with E-state index in [0.29, 0.717) is 0 Å². The van der Waals surface area contributed by atoms with Gasteiger partial charge in [-0.15, -0.1) is 6.42 Å². The molecule has 4 rings (SSSR count). The van der Waals surface area contributed by atoms with E-state index in [1.165, 1.54) is 18.3 Å². The standard InChI is InChI=1S/C19H15N3O5/c1-2-8-27-17-13(4-3-5-14(17)22(25)26)10-20-21-18(23)15-11-6-7-12(9-11)16(15)19(21)24/h1,3-7,10-12,15-16H,8-9H2/t11-,12-,15-,16+/m0/s1. The molecule has 8 nitrogen and oxygen atoms in total. The number of nitro benzene ring substituents is 1. The molecule has 8 heteroatoms. The van der Waals surface area contributed by atoms with Gasteiger partial charge in [0.05, 0.1) is 23.0 Å². The fraction of sp³-hybridized carbons (Fsp3) is 0.316. The number of hydrogen-bond acceptors (Lipinski definition) is 6. The maximum atomic E-state index is 12.6. The Morgan fingerprint density at radius 1 is 1.30 bits per heavy atom. The summed E-state index contributed by atoms with van der Waals surface area (Å²) < 4.78 is 5.30. The van der Waals surface area contributed by atoms with Crippen molar-refractivity contribution in [2.24, 2.45) is 28.8 Å². The van der Waals surface area contributed by atoms with Crippen LogP contribution in [0, 0.1) is 46.1 Å². The highest BCUT2D eigenvalue weighted by Gasteiger charge is 2.59. The van der Waals surface area contributed by atoms with Gasteiger partial charge in [-0.05, 0) is 24.3 Å². The Hall–Kier alpha value is -3.47. The summed E-state index contributed by atoms with van der Waals surface area (Å²) in [5, 5.41) is 16.1. The molecule has 1 saturated carbocycles. The number of para-hydroxylation sites is 1. The van der Waals surface area contributed by atoms with E-state index in [9.17, 15) is 19.7 Å². The lowest BCUT2D eigenvalue weighted by Crippen LogP contribution is -2.28. The molecule has 0 aromatic heterocycles. The van der Waals surface area contributed by atoms with Crippen molar-refractivity contribution in [1.29, 1.82) is 0 Å². The Labute approximate surface area is 154 Å². The van der Waals surface area contributed by atoms with Crippen LogP contribution in [0.25, 0.3) is 0 Å². The van der Waals surface area contributed by atoms with Crippen LogP contribution < -0.4 is 4.74 Å². The molecule has 4 atom stereocenters. The minimum Gasteiger partial charge on any atom is -0.473 e. The fourth-order valence-electron chi connectivity index (χ4n) is 4.18. The second-order valence-electron chi connectivity index (χ2n) is 6.68. The van der Waals surface area contributed by atoms with E-state index >= 15 is 0 Å². The third kappa shape index (κ3) is 2.59. The third-order valence-corrected chi connectivity index (χ3v) is 5.28. The number of nitro groups is 1. The van der Waals surface area contributed by atoms with Gasteiger partial charge < -0.3 is 4.74 Å². The van der Waals surface area contributed by atoms with Crippen molar-refractivity contribution in [3.8, 4) is 18.1 Å². The lowest BCUT2D eigenvalue weighted by Gasteiger charge is -2.13. The number of nitrogens with zero attached hydrogens (tertiary/aromatic N) is 3. The van der Waals surface area contributed by atoms with E-state index < -0.39 is 4.92 Å². The van der Waals surface area contributed by atoms with E-state index in [1.54, 1.807) is 6.07 Å². The first kappa shape index (κ1) is 17.0. The lowest BCUT2D eigenvalue weighted by molar-refractivity contribution is -0.385. The molecule has 3 aliphatic rings. The quantitative estimate of drug-likeness (QED) is 0.198. The number of carbonyl (C=O) groups is 2. The second kappa shape index (κ2) is 6.36. The van der Waals surface area contributed by atoms with Crippen molar-refractivity contribution in [3.63, 3.8) is 0 Å². The molecule has 2 aliphatic carbocycles. The number of hydrazone groups is 1. The summed E-state index contributed by atoms with van der Waals surface area (Å²) >= 11 is 0. The number of benzene rings is 1. The smallest absolute Gasteiger partial charge is 0.311 e. The van der Waals surface area contributed by atoms with Gasteiger partial charge in [0.25, 0.3) is 11.8 Å². The lowest BCUT2D eigenvalue weighted by atomic mass is 9.85.